The second kappa shape index (κ2) is 4.10. The van der Waals surface area contributed by atoms with Gasteiger partial charge in [0.15, 0.2) is 0 Å². The molecule has 1 heteroatoms. The molecule has 0 radical (unpaired) electrons. The molecule has 0 heterocycles. The molecule has 66 valence electrons. The number of hydrogen-bond acceptors (Lipinski definition) is 1. The van der Waals surface area contributed by atoms with Crippen LogP contribution in [0.2, 0.25) is 0 Å². The van der Waals surface area contributed by atoms with Gasteiger partial charge in [-0.2, -0.15) is 0 Å². The highest BCUT2D eigenvalue weighted by atomic mass is 14.9. The van der Waals surface area contributed by atoms with Crippen LogP contribution in [-0.2, 0) is 0 Å². The van der Waals surface area contributed by atoms with Crippen LogP contribution < -0.4 is 5.32 Å². The van der Waals surface area contributed by atoms with Crippen LogP contribution in [0.4, 0.5) is 0 Å². The molecule has 11 heavy (non-hydrogen) atoms. The van der Waals surface area contributed by atoms with Crippen molar-refractivity contribution in [3.8, 4) is 0 Å². The maximum Gasteiger partial charge on any atom is -0.00204 e. The number of nitrogens with one attached hydrogen (secondary N) is 1. The van der Waals surface area contributed by atoms with E-state index in [2.05, 4.69) is 26.1 Å². The molecule has 1 aliphatic rings. The first kappa shape index (κ1) is 9.05. The summed E-state index contributed by atoms with van der Waals surface area (Å²) in [7, 11) is 0. The first-order valence-corrected chi connectivity index (χ1v) is 4.91. The second-order valence-electron chi connectivity index (χ2n) is 4.32. The molecule has 0 saturated heterocycles. The van der Waals surface area contributed by atoms with E-state index in [4.69, 9.17) is 0 Å². The zero-order chi connectivity index (χ0) is 8.27. The molecule has 1 rings (SSSR count). The van der Waals surface area contributed by atoms with Gasteiger partial charge in [-0.25, -0.2) is 0 Å². The Morgan fingerprint density at radius 2 is 1.91 bits per heavy atom. The lowest BCUT2D eigenvalue weighted by Crippen LogP contribution is -2.25. The van der Waals surface area contributed by atoms with Crippen molar-refractivity contribution in [2.75, 3.05) is 13.1 Å². The minimum absolute atomic E-state index is 0.821. The molecule has 1 saturated carbocycles. The van der Waals surface area contributed by atoms with Crippen LogP contribution >= 0.6 is 0 Å². The fourth-order valence-corrected chi connectivity index (χ4v) is 1.07. The van der Waals surface area contributed by atoms with E-state index in [0.717, 1.165) is 17.8 Å². The summed E-state index contributed by atoms with van der Waals surface area (Å²) in [5, 5.41) is 3.53. The third-order valence-corrected chi connectivity index (χ3v) is 2.73. The molecule has 0 amide bonds. The Bertz CT molecular complexity index is 105. The molecular weight excluding hydrogens is 134 g/mol. The number of rotatable bonds is 5. The molecule has 0 bridgehead atoms. The van der Waals surface area contributed by atoms with Crippen LogP contribution in [0.1, 0.15) is 33.6 Å². The Morgan fingerprint density at radius 1 is 1.27 bits per heavy atom. The van der Waals surface area contributed by atoms with Gasteiger partial charge < -0.3 is 5.32 Å². The lowest BCUT2D eigenvalue weighted by molar-refractivity contribution is 0.390. The van der Waals surface area contributed by atoms with E-state index in [1.165, 1.54) is 25.9 Å². The summed E-state index contributed by atoms with van der Waals surface area (Å²) in [6.07, 6.45) is 2.92. The zero-order valence-electron chi connectivity index (χ0n) is 8.06. The minimum Gasteiger partial charge on any atom is -0.316 e. The van der Waals surface area contributed by atoms with E-state index in [-0.39, 0.29) is 0 Å². The molecular formula is C10H21N. The van der Waals surface area contributed by atoms with Gasteiger partial charge in [0, 0.05) is 0 Å². The van der Waals surface area contributed by atoms with Crippen LogP contribution in [-0.4, -0.2) is 13.1 Å². The van der Waals surface area contributed by atoms with Crippen molar-refractivity contribution in [3.63, 3.8) is 0 Å². The van der Waals surface area contributed by atoms with Crippen molar-refractivity contribution >= 4 is 0 Å². The molecule has 0 aromatic heterocycles. The Hall–Kier alpha value is -0.0400. The summed E-state index contributed by atoms with van der Waals surface area (Å²) >= 11 is 0. The van der Waals surface area contributed by atoms with Crippen molar-refractivity contribution in [3.05, 3.63) is 0 Å². The maximum absolute atomic E-state index is 3.53. The van der Waals surface area contributed by atoms with E-state index in [1.54, 1.807) is 0 Å². The Labute approximate surface area is 70.6 Å². The molecule has 0 spiro atoms. The van der Waals surface area contributed by atoms with Gasteiger partial charge >= 0.3 is 0 Å². The molecule has 0 aromatic carbocycles. The second-order valence-corrected chi connectivity index (χ2v) is 4.32. The highest BCUT2D eigenvalue weighted by Gasteiger charge is 2.20. The van der Waals surface area contributed by atoms with Crippen LogP contribution in [0.3, 0.4) is 0 Å². The topological polar surface area (TPSA) is 12.0 Å². The van der Waals surface area contributed by atoms with Gasteiger partial charge in [0.05, 0.1) is 0 Å². The minimum atomic E-state index is 0.821. The van der Waals surface area contributed by atoms with E-state index in [0.29, 0.717) is 0 Å². The van der Waals surface area contributed by atoms with Crippen LogP contribution in [0.15, 0.2) is 0 Å². The third-order valence-electron chi connectivity index (χ3n) is 2.73. The summed E-state index contributed by atoms with van der Waals surface area (Å²) in [4.78, 5) is 0. The van der Waals surface area contributed by atoms with Crippen molar-refractivity contribution < 1.29 is 0 Å². The fourth-order valence-electron chi connectivity index (χ4n) is 1.07. The Kier molecular flexibility index (Phi) is 3.38. The Morgan fingerprint density at radius 3 is 2.36 bits per heavy atom. The third kappa shape index (κ3) is 3.76. The molecule has 1 aliphatic carbocycles. The molecule has 1 fully saturated rings. The quantitative estimate of drug-likeness (QED) is 0.642. The fraction of sp³-hybridized carbons (Fsp3) is 1.00. The SMILES string of the molecule is CC(C)C(C)CNCC1CC1. The maximum atomic E-state index is 3.53. The van der Waals surface area contributed by atoms with Gasteiger partial charge in [0.25, 0.3) is 0 Å². The predicted octanol–water partition coefficient (Wildman–Crippen LogP) is 2.28. The van der Waals surface area contributed by atoms with Gasteiger partial charge in [-0.05, 0) is 43.7 Å². The molecule has 1 nitrogen and oxygen atoms in total. The summed E-state index contributed by atoms with van der Waals surface area (Å²) < 4.78 is 0. The average molecular weight is 155 g/mol. The summed E-state index contributed by atoms with van der Waals surface area (Å²) in [5.41, 5.74) is 0. The van der Waals surface area contributed by atoms with E-state index < -0.39 is 0 Å². The average Bonchev–Trinajstić information content (AvgIpc) is 2.71. The first-order valence-electron chi connectivity index (χ1n) is 4.91. The van der Waals surface area contributed by atoms with Gasteiger partial charge in [0.1, 0.15) is 0 Å². The lowest BCUT2D eigenvalue weighted by Gasteiger charge is -2.15. The van der Waals surface area contributed by atoms with Crippen molar-refractivity contribution in [2.24, 2.45) is 17.8 Å². The van der Waals surface area contributed by atoms with Gasteiger partial charge in [-0.3, -0.25) is 0 Å². The molecule has 0 aliphatic heterocycles. The highest BCUT2D eigenvalue weighted by molar-refractivity contribution is 4.75. The normalized spacial score (nSPS) is 20.7. The summed E-state index contributed by atoms with van der Waals surface area (Å²) in [5.74, 6) is 2.67. The van der Waals surface area contributed by atoms with Gasteiger partial charge in [-0.15, -0.1) is 0 Å². The van der Waals surface area contributed by atoms with Crippen LogP contribution in [0.25, 0.3) is 0 Å². The van der Waals surface area contributed by atoms with E-state index in [9.17, 15) is 0 Å². The zero-order valence-corrected chi connectivity index (χ0v) is 8.06. The summed E-state index contributed by atoms with van der Waals surface area (Å²) in [6, 6.07) is 0. The monoisotopic (exact) mass is 155 g/mol. The Balaban J connectivity index is 1.92. The van der Waals surface area contributed by atoms with Gasteiger partial charge in [0.2, 0.25) is 0 Å². The lowest BCUT2D eigenvalue weighted by atomic mass is 9.98. The van der Waals surface area contributed by atoms with E-state index >= 15 is 0 Å². The highest BCUT2D eigenvalue weighted by Crippen LogP contribution is 2.27. The molecule has 1 N–H and O–H groups in total. The van der Waals surface area contributed by atoms with Crippen molar-refractivity contribution in [1.82, 2.24) is 5.32 Å². The van der Waals surface area contributed by atoms with Crippen molar-refractivity contribution in [2.45, 2.75) is 33.6 Å². The largest absolute Gasteiger partial charge is 0.316 e. The van der Waals surface area contributed by atoms with Crippen molar-refractivity contribution in [1.29, 1.82) is 0 Å². The number of hydrogen-bond donors (Lipinski definition) is 1. The predicted molar refractivity (Wildman–Crippen MR) is 49.6 cm³/mol. The molecule has 0 aromatic rings. The van der Waals surface area contributed by atoms with E-state index in [1.807, 2.05) is 0 Å². The summed E-state index contributed by atoms with van der Waals surface area (Å²) in [6.45, 7) is 9.38. The smallest absolute Gasteiger partial charge is 0.00204 e. The van der Waals surface area contributed by atoms with Crippen LogP contribution in [0, 0.1) is 17.8 Å². The molecule has 1 unspecified atom stereocenters. The first-order chi connectivity index (χ1) is 5.20. The standard InChI is InChI=1S/C10H21N/c1-8(2)9(3)6-11-7-10-4-5-10/h8-11H,4-7H2,1-3H3. The van der Waals surface area contributed by atoms with Crippen LogP contribution in [0.5, 0.6) is 0 Å². The van der Waals surface area contributed by atoms with Gasteiger partial charge in [-0.1, -0.05) is 20.8 Å². The molecule has 1 atom stereocenters.